The maximum atomic E-state index is 12.7. The fourth-order valence-electron chi connectivity index (χ4n) is 3.10. The molecular formula is C26H24O6. The molecule has 164 valence electrons. The lowest BCUT2D eigenvalue weighted by atomic mass is 10.00. The highest BCUT2D eigenvalue weighted by atomic mass is 16.5. The zero-order chi connectivity index (χ0) is 23.1. The summed E-state index contributed by atoms with van der Waals surface area (Å²) in [6.07, 6.45) is 4.91. The summed E-state index contributed by atoms with van der Waals surface area (Å²) >= 11 is 0. The van der Waals surface area contributed by atoms with Crippen molar-refractivity contribution >= 4 is 17.4 Å². The van der Waals surface area contributed by atoms with Gasteiger partial charge in [-0.25, -0.2) is 0 Å². The maximum Gasteiger partial charge on any atom is 0.189 e. The SMILES string of the molecule is COc1ccc(/C=C(\C=C\C(=O)c2cc(O)ccc2O)c2ccc(OC)c(OC)c2)cc1. The molecule has 2 N–H and O–H groups in total. The molecule has 0 radical (unpaired) electrons. The van der Waals surface area contributed by atoms with Gasteiger partial charge in [-0.2, -0.15) is 0 Å². The van der Waals surface area contributed by atoms with E-state index in [1.54, 1.807) is 33.5 Å². The van der Waals surface area contributed by atoms with E-state index in [0.717, 1.165) is 22.4 Å². The highest BCUT2D eigenvalue weighted by Gasteiger charge is 2.11. The molecule has 0 saturated carbocycles. The molecule has 0 heterocycles. The van der Waals surface area contributed by atoms with Gasteiger partial charge in [0, 0.05) is 0 Å². The molecule has 0 amide bonds. The fraction of sp³-hybridized carbons (Fsp3) is 0.115. The Kier molecular flexibility index (Phi) is 7.18. The average Bonchev–Trinajstić information content (AvgIpc) is 2.82. The van der Waals surface area contributed by atoms with Gasteiger partial charge in [0.2, 0.25) is 0 Å². The van der Waals surface area contributed by atoms with Gasteiger partial charge < -0.3 is 24.4 Å². The van der Waals surface area contributed by atoms with E-state index in [1.165, 1.54) is 24.3 Å². The van der Waals surface area contributed by atoms with Crippen LogP contribution in [0.4, 0.5) is 0 Å². The quantitative estimate of drug-likeness (QED) is 0.169. The Morgan fingerprint density at radius 2 is 1.50 bits per heavy atom. The van der Waals surface area contributed by atoms with Crippen LogP contribution in [0.2, 0.25) is 0 Å². The van der Waals surface area contributed by atoms with Gasteiger partial charge in [0.25, 0.3) is 0 Å². The van der Waals surface area contributed by atoms with Crippen molar-refractivity contribution in [3.05, 3.63) is 89.5 Å². The summed E-state index contributed by atoms with van der Waals surface area (Å²) in [6.45, 7) is 0. The topological polar surface area (TPSA) is 85.2 Å². The summed E-state index contributed by atoms with van der Waals surface area (Å²) < 4.78 is 15.9. The highest BCUT2D eigenvalue weighted by molar-refractivity contribution is 6.08. The molecule has 0 saturated heterocycles. The fourth-order valence-corrected chi connectivity index (χ4v) is 3.10. The zero-order valence-corrected chi connectivity index (χ0v) is 18.0. The molecule has 6 heteroatoms. The highest BCUT2D eigenvalue weighted by Crippen LogP contribution is 2.32. The van der Waals surface area contributed by atoms with Crippen LogP contribution in [-0.2, 0) is 0 Å². The molecule has 32 heavy (non-hydrogen) atoms. The molecule has 0 aromatic heterocycles. The number of phenolic OH excluding ortho intramolecular Hbond substituents is 2. The van der Waals surface area contributed by atoms with Gasteiger partial charge in [-0.1, -0.05) is 24.3 Å². The molecule has 0 spiro atoms. The number of hydrogen-bond donors (Lipinski definition) is 2. The Morgan fingerprint density at radius 3 is 2.16 bits per heavy atom. The van der Waals surface area contributed by atoms with Crippen molar-refractivity contribution in [2.45, 2.75) is 0 Å². The standard InChI is InChI=1S/C26H24O6/c1-30-21-9-4-17(5-10-21)14-18(19-7-13-25(31-2)26(15-19)32-3)6-11-23(28)22-16-20(27)8-12-24(22)29/h4-16,27,29H,1-3H3/b11-6+,18-14+. The predicted octanol–water partition coefficient (Wildman–Crippen LogP) is 5.10. The molecule has 3 rings (SSSR count). The first kappa shape index (κ1) is 22.5. The third-order valence-corrected chi connectivity index (χ3v) is 4.81. The normalized spacial score (nSPS) is 11.4. The number of allylic oxidation sites excluding steroid dienone is 3. The third kappa shape index (κ3) is 5.29. The number of phenols is 2. The van der Waals surface area contributed by atoms with E-state index in [9.17, 15) is 15.0 Å². The van der Waals surface area contributed by atoms with Gasteiger partial charge in [-0.3, -0.25) is 4.79 Å². The van der Waals surface area contributed by atoms with Crippen molar-refractivity contribution in [3.63, 3.8) is 0 Å². The summed E-state index contributed by atoms with van der Waals surface area (Å²) in [5.74, 6) is 1.12. The second-order valence-corrected chi connectivity index (χ2v) is 6.84. The van der Waals surface area contributed by atoms with Crippen molar-refractivity contribution < 1.29 is 29.2 Å². The lowest BCUT2D eigenvalue weighted by molar-refractivity contribution is 0.104. The Morgan fingerprint density at radius 1 is 0.781 bits per heavy atom. The Balaban J connectivity index is 2.03. The average molecular weight is 432 g/mol. The molecule has 6 nitrogen and oxygen atoms in total. The molecule has 0 aliphatic heterocycles. The van der Waals surface area contributed by atoms with Crippen LogP contribution < -0.4 is 14.2 Å². The van der Waals surface area contributed by atoms with E-state index in [-0.39, 0.29) is 17.1 Å². The largest absolute Gasteiger partial charge is 0.508 e. The Hall–Kier alpha value is -4.19. The molecule has 0 atom stereocenters. The summed E-state index contributed by atoms with van der Waals surface area (Å²) in [4.78, 5) is 12.7. The van der Waals surface area contributed by atoms with Crippen molar-refractivity contribution in [1.82, 2.24) is 0 Å². The van der Waals surface area contributed by atoms with Crippen LogP contribution in [0.1, 0.15) is 21.5 Å². The number of ketones is 1. The van der Waals surface area contributed by atoms with E-state index >= 15 is 0 Å². The molecule has 0 bridgehead atoms. The van der Waals surface area contributed by atoms with Crippen LogP contribution in [0.3, 0.4) is 0 Å². The van der Waals surface area contributed by atoms with Gasteiger partial charge in [-0.05, 0) is 71.3 Å². The number of ether oxygens (including phenoxy) is 3. The van der Waals surface area contributed by atoms with Gasteiger partial charge in [-0.15, -0.1) is 0 Å². The van der Waals surface area contributed by atoms with Gasteiger partial charge >= 0.3 is 0 Å². The maximum absolute atomic E-state index is 12.7. The number of carbonyl (C=O) groups excluding carboxylic acids is 1. The molecule has 0 unspecified atom stereocenters. The summed E-state index contributed by atoms with van der Waals surface area (Å²) in [5.41, 5.74) is 2.43. The monoisotopic (exact) mass is 432 g/mol. The number of benzene rings is 3. The van der Waals surface area contributed by atoms with Gasteiger partial charge in [0.1, 0.15) is 17.2 Å². The van der Waals surface area contributed by atoms with E-state index in [1.807, 2.05) is 42.5 Å². The van der Waals surface area contributed by atoms with Crippen molar-refractivity contribution in [3.8, 4) is 28.7 Å². The van der Waals surface area contributed by atoms with E-state index in [2.05, 4.69) is 0 Å². The molecule has 3 aromatic carbocycles. The van der Waals surface area contributed by atoms with Crippen LogP contribution in [0.5, 0.6) is 28.7 Å². The van der Waals surface area contributed by atoms with Crippen LogP contribution >= 0.6 is 0 Å². The first-order chi connectivity index (χ1) is 15.4. The minimum atomic E-state index is -0.445. The van der Waals surface area contributed by atoms with Gasteiger partial charge in [0.15, 0.2) is 17.3 Å². The van der Waals surface area contributed by atoms with Crippen molar-refractivity contribution in [1.29, 1.82) is 0 Å². The van der Waals surface area contributed by atoms with Crippen LogP contribution in [0.25, 0.3) is 11.6 Å². The predicted molar refractivity (Wildman–Crippen MR) is 124 cm³/mol. The van der Waals surface area contributed by atoms with Crippen molar-refractivity contribution in [2.75, 3.05) is 21.3 Å². The zero-order valence-electron chi connectivity index (χ0n) is 18.0. The van der Waals surface area contributed by atoms with Crippen LogP contribution in [-0.4, -0.2) is 37.3 Å². The molecular weight excluding hydrogens is 408 g/mol. The van der Waals surface area contributed by atoms with E-state index < -0.39 is 5.78 Å². The molecule has 0 fully saturated rings. The lowest BCUT2D eigenvalue weighted by Crippen LogP contribution is -1.96. The minimum absolute atomic E-state index is 0.0114. The number of carbonyl (C=O) groups is 1. The van der Waals surface area contributed by atoms with Crippen molar-refractivity contribution in [2.24, 2.45) is 0 Å². The molecule has 0 aliphatic rings. The Labute approximate surface area is 186 Å². The van der Waals surface area contributed by atoms with Crippen LogP contribution in [0, 0.1) is 0 Å². The Bertz CT molecular complexity index is 1160. The molecule has 3 aromatic rings. The summed E-state index contributed by atoms with van der Waals surface area (Å²) in [5, 5.41) is 19.6. The minimum Gasteiger partial charge on any atom is -0.508 e. The smallest absolute Gasteiger partial charge is 0.189 e. The van der Waals surface area contributed by atoms with E-state index in [0.29, 0.717) is 11.5 Å². The number of rotatable bonds is 8. The lowest BCUT2D eigenvalue weighted by Gasteiger charge is -2.11. The molecule has 0 aliphatic carbocycles. The van der Waals surface area contributed by atoms with Gasteiger partial charge in [0.05, 0.1) is 26.9 Å². The van der Waals surface area contributed by atoms with E-state index in [4.69, 9.17) is 14.2 Å². The number of aromatic hydroxyl groups is 2. The second-order valence-electron chi connectivity index (χ2n) is 6.84. The number of hydrogen-bond acceptors (Lipinski definition) is 6. The first-order valence-electron chi connectivity index (χ1n) is 9.77. The second kappa shape index (κ2) is 10.2. The summed E-state index contributed by atoms with van der Waals surface area (Å²) in [7, 11) is 4.72. The summed E-state index contributed by atoms with van der Waals surface area (Å²) in [6, 6.07) is 16.8. The third-order valence-electron chi connectivity index (χ3n) is 4.81. The number of methoxy groups -OCH3 is 3. The van der Waals surface area contributed by atoms with Crippen LogP contribution in [0.15, 0.2) is 72.8 Å². The first-order valence-corrected chi connectivity index (χ1v) is 9.77.